The van der Waals surface area contributed by atoms with Gasteiger partial charge in [0, 0.05) is 19.2 Å². The summed E-state index contributed by atoms with van der Waals surface area (Å²) in [5.41, 5.74) is 1.03. The summed E-state index contributed by atoms with van der Waals surface area (Å²) in [6.07, 6.45) is 0.293. The Balaban J connectivity index is 1.63. The Hall–Kier alpha value is -3.93. The maximum absolute atomic E-state index is 13.6. The van der Waals surface area contributed by atoms with Gasteiger partial charge in [0.25, 0.3) is 5.91 Å². The molecule has 0 saturated carbocycles. The van der Waals surface area contributed by atoms with E-state index in [2.05, 4.69) is 5.32 Å². The van der Waals surface area contributed by atoms with Crippen molar-refractivity contribution in [1.29, 1.82) is 0 Å². The van der Waals surface area contributed by atoms with Crippen LogP contribution in [-0.2, 0) is 21.5 Å². The molecule has 0 bridgehead atoms. The van der Waals surface area contributed by atoms with E-state index in [4.69, 9.17) is 0 Å². The van der Waals surface area contributed by atoms with Crippen LogP contribution < -0.4 is 10.2 Å². The predicted molar refractivity (Wildman–Crippen MR) is 118 cm³/mol. The van der Waals surface area contributed by atoms with Gasteiger partial charge in [0.05, 0.1) is 0 Å². The number of rotatable bonds is 6. The van der Waals surface area contributed by atoms with Crippen LogP contribution in [0.15, 0.2) is 91.0 Å². The van der Waals surface area contributed by atoms with Crippen LogP contribution in [0.25, 0.3) is 0 Å². The van der Waals surface area contributed by atoms with Crippen molar-refractivity contribution < 1.29 is 14.4 Å². The number of para-hydroxylation sites is 1. The third kappa shape index (κ3) is 3.92. The fraction of sp³-hybridized carbons (Fsp3) is 0.160. The van der Waals surface area contributed by atoms with E-state index in [1.165, 1.54) is 4.90 Å². The molecule has 1 N–H and O–H groups in total. The minimum atomic E-state index is -1.26. The van der Waals surface area contributed by atoms with Crippen LogP contribution in [0.5, 0.6) is 0 Å². The number of anilines is 1. The zero-order valence-electron chi connectivity index (χ0n) is 17.2. The summed E-state index contributed by atoms with van der Waals surface area (Å²) >= 11 is 0. The van der Waals surface area contributed by atoms with Crippen LogP contribution in [0.2, 0.25) is 0 Å². The number of amides is 4. The van der Waals surface area contributed by atoms with E-state index in [9.17, 15) is 14.4 Å². The van der Waals surface area contributed by atoms with Crippen LogP contribution in [0, 0.1) is 0 Å². The second kappa shape index (κ2) is 8.44. The number of nitrogens with zero attached hydrogens (tertiary/aromatic N) is 2. The highest BCUT2D eigenvalue weighted by Crippen LogP contribution is 2.33. The van der Waals surface area contributed by atoms with E-state index in [0.717, 1.165) is 10.5 Å². The van der Waals surface area contributed by atoms with Gasteiger partial charge in [-0.25, -0.2) is 4.79 Å². The van der Waals surface area contributed by atoms with Crippen LogP contribution >= 0.6 is 0 Å². The molecule has 3 aromatic rings. The Morgan fingerprint density at radius 2 is 1.42 bits per heavy atom. The van der Waals surface area contributed by atoms with Crippen LogP contribution in [0.4, 0.5) is 10.5 Å². The lowest BCUT2D eigenvalue weighted by Crippen LogP contribution is -2.47. The minimum Gasteiger partial charge on any atom is -0.319 e. The number of benzene rings is 3. The van der Waals surface area contributed by atoms with Crippen molar-refractivity contribution in [3.63, 3.8) is 0 Å². The van der Waals surface area contributed by atoms with Gasteiger partial charge in [-0.1, -0.05) is 78.9 Å². The van der Waals surface area contributed by atoms with E-state index in [1.807, 2.05) is 78.9 Å². The molecule has 0 spiro atoms. The molecule has 6 heteroatoms. The number of urea groups is 1. The normalized spacial score (nSPS) is 18.0. The highest BCUT2D eigenvalue weighted by Gasteiger charge is 2.52. The zero-order valence-corrected chi connectivity index (χ0v) is 17.2. The van der Waals surface area contributed by atoms with E-state index in [-0.39, 0.29) is 12.5 Å². The highest BCUT2D eigenvalue weighted by atomic mass is 16.2. The van der Waals surface area contributed by atoms with Gasteiger partial charge >= 0.3 is 6.03 Å². The van der Waals surface area contributed by atoms with Gasteiger partial charge in [-0.2, -0.15) is 0 Å². The lowest BCUT2D eigenvalue weighted by atomic mass is 9.83. The average Bonchev–Trinajstić information content (AvgIpc) is 3.05. The SMILES string of the molecule is CN(C(=O)CN1C(=O)N[C@@](Cc2ccccc2)(c2ccccc2)C1=O)c1ccccc1. The average molecular weight is 413 g/mol. The number of likely N-dealkylation sites (N-methyl/N-ethyl adjacent to an activating group) is 1. The summed E-state index contributed by atoms with van der Waals surface area (Å²) < 4.78 is 0. The van der Waals surface area contributed by atoms with Gasteiger partial charge in [0.15, 0.2) is 5.54 Å². The minimum absolute atomic E-state index is 0.293. The summed E-state index contributed by atoms with van der Waals surface area (Å²) in [5.74, 6) is -0.777. The molecule has 0 unspecified atom stereocenters. The lowest BCUT2D eigenvalue weighted by molar-refractivity contribution is -0.134. The largest absolute Gasteiger partial charge is 0.325 e. The van der Waals surface area contributed by atoms with E-state index < -0.39 is 17.5 Å². The predicted octanol–water partition coefficient (Wildman–Crippen LogP) is 3.34. The molecule has 1 atom stereocenters. The van der Waals surface area contributed by atoms with Crippen molar-refractivity contribution >= 4 is 23.5 Å². The van der Waals surface area contributed by atoms with E-state index >= 15 is 0 Å². The first-order chi connectivity index (χ1) is 15.0. The number of nitrogens with one attached hydrogen (secondary N) is 1. The molecule has 0 aliphatic carbocycles. The van der Waals surface area contributed by atoms with Crippen molar-refractivity contribution in [3.8, 4) is 0 Å². The molecule has 3 aromatic carbocycles. The molecule has 31 heavy (non-hydrogen) atoms. The summed E-state index contributed by atoms with van der Waals surface area (Å²) in [5, 5.41) is 2.88. The smallest absolute Gasteiger partial charge is 0.319 e. The number of carbonyl (C=O) groups is 3. The Kier molecular flexibility index (Phi) is 5.54. The molecule has 1 saturated heterocycles. The van der Waals surface area contributed by atoms with Crippen molar-refractivity contribution in [2.24, 2.45) is 0 Å². The Morgan fingerprint density at radius 1 is 0.871 bits per heavy atom. The van der Waals surface area contributed by atoms with E-state index in [1.54, 1.807) is 19.2 Å². The summed E-state index contributed by atoms with van der Waals surface area (Å²) in [6, 6.07) is 27.2. The third-order valence-electron chi connectivity index (χ3n) is 5.57. The van der Waals surface area contributed by atoms with E-state index in [0.29, 0.717) is 17.7 Å². The summed E-state index contributed by atoms with van der Waals surface area (Å²) in [7, 11) is 1.63. The number of carbonyl (C=O) groups excluding carboxylic acids is 3. The summed E-state index contributed by atoms with van der Waals surface area (Å²) in [4.78, 5) is 41.8. The third-order valence-corrected chi connectivity index (χ3v) is 5.57. The van der Waals surface area contributed by atoms with Gasteiger partial charge in [-0.3, -0.25) is 14.5 Å². The molecular formula is C25H23N3O3. The quantitative estimate of drug-likeness (QED) is 0.630. The van der Waals surface area contributed by atoms with Crippen LogP contribution in [0.1, 0.15) is 11.1 Å². The highest BCUT2D eigenvalue weighted by molar-refractivity contribution is 6.10. The molecule has 1 aliphatic heterocycles. The molecule has 4 amide bonds. The molecule has 0 aromatic heterocycles. The second-order valence-corrected chi connectivity index (χ2v) is 7.54. The molecule has 0 radical (unpaired) electrons. The fourth-order valence-corrected chi connectivity index (χ4v) is 3.85. The topological polar surface area (TPSA) is 69.7 Å². The first-order valence-electron chi connectivity index (χ1n) is 10.1. The summed E-state index contributed by atoms with van der Waals surface area (Å²) in [6.45, 7) is -0.334. The molecule has 1 heterocycles. The Morgan fingerprint density at radius 3 is 2.03 bits per heavy atom. The molecule has 6 nitrogen and oxygen atoms in total. The first-order valence-corrected chi connectivity index (χ1v) is 10.1. The molecule has 4 rings (SSSR count). The maximum Gasteiger partial charge on any atom is 0.325 e. The van der Waals surface area contributed by atoms with Crippen LogP contribution in [-0.4, -0.2) is 36.3 Å². The van der Waals surface area contributed by atoms with Crippen molar-refractivity contribution in [2.75, 3.05) is 18.5 Å². The van der Waals surface area contributed by atoms with Gasteiger partial charge in [0.1, 0.15) is 6.54 Å². The molecule has 156 valence electrons. The van der Waals surface area contributed by atoms with Gasteiger partial charge in [-0.05, 0) is 23.3 Å². The molecule has 1 aliphatic rings. The maximum atomic E-state index is 13.6. The fourth-order valence-electron chi connectivity index (χ4n) is 3.85. The monoisotopic (exact) mass is 413 g/mol. The number of hydrogen-bond acceptors (Lipinski definition) is 3. The van der Waals surface area contributed by atoms with Crippen molar-refractivity contribution in [1.82, 2.24) is 10.2 Å². The standard InChI is InChI=1S/C25H23N3O3/c1-27(21-15-9-4-10-16-21)22(29)18-28-23(30)25(26-24(28)31,20-13-7-3-8-14-20)17-19-11-5-2-6-12-19/h2-16H,17-18H2,1H3,(H,26,31)/t25-/m0/s1. The van der Waals surface area contributed by atoms with Crippen molar-refractivity contribution in [2.45, 2.75) is 12.0 Å². The number of hydrogen-bond donors (Lipinski definition) is 1. The van der Waals surface area contributed by atoms with Gasteiger partial charge < -0.3 is 10.2 Å². The Labute approximate surface area is 181 Å². The van der Waals surface area contributed by atoms with Crippen LogP contribution in [0.3, 0.4) is 0 Å². The Bertz CT molecular complexity index is 1090. The lowest BCUT2D eigenvalue weighted by Gasteiger charge is -2.28. The van der Waals surface area contributed by atoms with Gasteiger partial charge in [-0.15, -0.1) is 0 Å². The second-order valence-electron chi connectivity index (χ2n) is 7.54. The van der Waals surface area contributed by atoms with Crippen molar-refractivity contribution in [3.05, 3.63) is 102 Å². The number of imide groups is 1. The molecular weight excluding hydrogens is 390 g/mol. The molecule has 1 fully saturated rings. The zero-order chi connectivity index (χ0) is 21.8. The first kappa shape index (κ1) is 20.3. The van der Waals surface area contributed by atoms with Gasteiger partial charge in [0.2, 0.25) is 5.91 Å².